The molecule has 12 nitrogen and oxygen atoms in total. The third kappa shape index (κ3) is 32.0. The average molecular weight is 887 g/mol. The summed E-state index contributed by atoms with van der Waals surface area (Å²) in [5, 5.41) is 30.6. The molecule has 1 aliphatic rings. The van der Waals surface area contributed by atoms with Gasteiger partial charge in [-0.1, -0.05) is 148 Å². The maximum Gasteiger partial charge on any atom is 0.397 e. The number of hydrogen-bond acceptors (Lipinski definition) is 11. The van der Waals surface area contributed by atoms with Gasteiger partial charge in [-0.15, -0.1) is 0 Å². The van der Waals surface area contributed by atoms with E-state index in [1.165, 1.54) is 0 Å². The van der Waals surface area contributed by atoms with Crippen LogP contribution >= 0.6 is 0 Å². The maximum atomic E-state index is 12.8. The molecule has 4 N–H and O–H groups in total. The summed E-state index contributed by atoms with van der Waals surface area (Å²) < 4.78 is 58.8. The smallest absolute Gasteiger partial charge is 0.397 e. The minimum absolute atomic E-state index is 0.0156. The molecule has 0 radical (unpaired) electrons. The Balaban J connectivity index is 2.56. The molecule has 1 fully saturated rings. The average Bonchev–Trinajstić information content (AvgIpc) is 3.24. The minimum Gasteiger partial charge on any atom is -0.457 e. The molecule has 0 amide bonds. The fourth-order valence-corrected chi connectivity index (χ4v) is 6.09. The third-order valence-corrected chi connectivity index (χ3v) is 9.27. The molecular formula is C49H74O12S. The Morgan fingerprint density at radius 2 is 1.03 bits per heavy atom. The zero-order valence-electron chi connectivity index (χ0n) is 36.9. The van der Waals surface area contributed by atoms with Crippen molar-refractivity contribution in [1.29, 1.82) is 0 Å². The Labute approximate surface area is 372 Å². The quantitative estimate of drug-likeness (QED) is 0.0206. The van der Waals surface area contributed by atoms with Crippen LogP contribution in [0, 0.1) is 0 Å². The lowest BCUT2D eigenvalue weighted by Crippen LogP contribution is -2.60. The fraction of sp³-hybridized carbons (Fsp3) is 0.531. The Bertz CT molecular complexity index is 1580. The Hall–Kier alpha value is -3.76. The molecule has 1 rings (SSSR count). The van der Waals surface area contributed by atoms with Gasteiger partial charge >= 0.3 is 16.4 Å². The predicted octanol–water partition coefficient (Wildman–Crippen LogP) is 9.18. The molecule has 0 aliphatic carbocycles. The van der Waals surface area contributed by atoms with Crippen molar-refractivity contribution in [2.45, 2.75) is 141 Å². The second-order valence-electron chi connectivity index (χ2n) is 14.2. The summed E-state index contributed by atoms with van der Waals surface area (Å²) in [6.45, 7) is 3.43. The van der Waals surface area contributed by atoms with Crippen LogP contribution in [-0.2, 0) is 38.3 Å². The van der Waals surface area contributed by atoms with Gasteiger partial charge in [0, 0.05) is 6.61 Å². The lowest BCUT2D eigenvalue weighted by molar-refractivity contribution is -0.301. The largest absolute Gasteiger partial charge is 0.457 e. The number of hydrogen-bond donors (Lipinski definition) is 4. The first-order valence-corrected chi connectivity index (χ1v) is 23.3. The van der Waals surface area contributed by atoms with Crippen molar-refractivity contribution < 1.29 is 56.2 Å². The molecule has 348 valence electrons. The van der Waals surface area contributed by atoms with Gasteiger partial charge in [-0.2, -0.15) is 8.42 Å². The summed E-state index contributed by atoms with van der Waals surface area (Å²) in [4.78, 5) is 12.8. The molecule has 0 bridgehead atoms. The lowest BCUT2D eigenvalue weighted by atomic mass is 9.99. The van der Waals surface area contributed by atoms with Crippen LogP contribution in [0.5, 0.6) is 0 Å². The Morgan fingerprint density at radius 1 is 0.613 bits per heavy atom. The van der Waals surface area contributed by atoms with Crippen LogP contribution in [0.1, 0.15) is 104 Å². The third-order valence-electron chi connectivity index (χ3n) is 8.80. The lowest BCUT2D eigenvalue weighted by Gasteiger charge is -2.41. The second-order valence-corrected chi connectivity index (χ2v) is 15.2. The molecule has 0 aromatic heterocycles. The van der Waals surface area contributed by atoms with Crippen molar-refractivity contribution in [2.24, 2.45) is 0 Å². The van der Waals surface area contributed by atoms with E-state index in [9.17, 15) is 28.5 Å². The Morgan fingerprint density at radius 3 is 1.45 bits per heavy atom. The molecule has 1 heterocycles. The maximum absolute atomic E-state index is 12.8. The van der Waals surface area contributed by atoms with Crippen LogP contribution in [-0.4, -0.2) is 97.5 Å². The van der Waals surface area contributed by atoms with E-state index in [0.29, 0.717) is 19.4 Å². The molecule has 62 heavy (non-hydrogen) atoms. The standard InChI is InChI=1S/C49H74O12S/c1-3-5-7-9-11-13-15-17-19-20-21-22-23-25-27-29-31-33-35-37-39-57-41-43(42-58-49-47(53)48(61-62(54,55)56)46(52)44(40-50)60-49)59-45(51)38-36-34-32-30-28-26-24-18-16-14-12-10-8-6-4-2/h5-8,11-14,17-19,21-22,24-25,27-28,30-31,33-34,36,43-44,46-50,52-53H,3-4,9-10,15-16,20,23,26,29,32,35,37-42H2,1-2H3,(H,54,55,56)/b7-5-,8-6-,13-11-,14-12-,19-17-,22-21-,24-18-,27-25-,30-28-,33-31-,36-34-. The molecule has 1 saturated heterocycles. The molecule has 0 aromatic carbocycles. The number of rotatable bonds is 35. The SMILES string of the molecule is CC/C=C\C/C=C\C/C=C\C/C=C\C/C=C\C/C=C\CCCOCC(COC1OC(CO)C(O)C(OS(=O)(=O)O)C1O)OC(=O)C/C=C\C/C=C\C/C=C\C/C=C\C/C=C\CC. The van der Waals surface area contributed by atoms with Gasteiger partial charge in [0.15, 0.2) is 6.29 Å². The van der Waals surface area contributed by atoms with Gasteiger partial charge in [-0.25, -0.2) is 4.18 Å². The van der Waals surface area contributed by atoms with E-state index in [1.807, 2.05) is 18.2 Å². The van der Waals surface area contributed by atoms with Crippen molar-refractivity contribution in [1.82, 2.24) is 0 Å². The molecule has 0 spiro atoms. The van der Waals surface area contributed by atoms with Gasteiger partial charge < -0.3 is 34.3 Å². The highest BCUT2D eigenvalue weighted by atomic mass is 32.3. The van der Waals surface area contributed by atoms with Crippen LogP contribution in [0.15, 0.2) is 134 Å². The predicted molar refractivity (Wildman–Crippen MR) is 247 cm³/mol. The number of aliphatic hydroxyl groups excluding tert-OH is 3. The molecule has 0 aromatic rings. The van der Waals surface area contributed by atoms with Crippen LogP contribution in [0.2, 0.25) is 0 Å². The summed E-state index contributed by atoms with van der Waals surface area (Å²) in [5.74, 6) is -0.553. The van der Waals surface area contributed by atoms with E-state index < -0.39 is 59.8 Å². The van der Waals surface area contributed by atoms with E-state index in [4.69, 9.17) is 23.5 Å². The van der Waals surface area contributed by atoms with Gasteiger partial charge in [-0.05, 0) is 83.5 Å². The highest BCUT2D eigenvalue weighted by Gasteiger charge is 2.48. The summed E-state index contributed by atoms with van der Waals surface area (Å²) in [6, 6.07) is 0. The van der Waals surface area contributed by atoms with Gasteiger partial charge in [0.2, 0.25) is 0 Å². The summed E-state index contributed by atoms with van der Waals surface area (Å²) in [6.07, 6.45) is 48.1. The number of unbranched alkanes of at least 4 members (excludes halogenated alkanes) is 1. The second kappa shape index (κ2) is 38.9. The number of carbonyl (C=O) groups is 1. The van der Waals surface area contributed by atoms with Gasteiger partial charge in [0.1, 0.15) is 30.5 Å². The van der Waals surface area contributed by atoms with E-state index >= 15 is 0 Å². The summed E-state index contributed by atoms with van der Waals surface area (Å²) in [7, 11) is -5.09. The van der Waals surface area contributed by atoms with Crippen molar-refractivity contribution in [3.8, 4) is 0 Å². The van der Waals surface area contributed by atoms with E-state index in [0.717, 1.165) is 70.6 Å². The van der Waals surface area contributed by atoms with E-state index in [-0.39, 0.29) is 19.6 Å². The van der Waals surface area contributed by atoms with Crippen molar-refractivity contribution in [2.75, 3.05) is 26.4 Å². The summed E-state index contributed by atoms with van der Waals surface area (Å²) >= 11 is 0. The van der Waals surface area contributed by atoms with Gasteiger partial charge in [0.05, 0.1) is 26.2 Å². The number of aliphatic hydroxyl groups is 3. The van der Waals surface area contributed by atoms with Gasteiger partial charge in [0.25, 0.3) is 0 Å². The number of carbonyl (C=O) groups excluding carboxylic acids is 1. The molecule has 6 unspecified atom stereocenters. The highest BCUT2D eigenvalue weighted by molar-refractivity contribution is 7.80. The molecule has 6 atom stereocenters. The molecule has 0 saturated carbocycles. The highest BCUT2D eigenvalue weighted by Crippen LogP contribution is 2.26. The van der Waals surface area contributed by atoms with Crippen LogP contribution in [0.3, 0.4) is 0 Å². The minimum atomic E-state index is -5.09. The van der Waals surface area contributed by atoms with Gasteiger partial charge in [-0.3, -0.25) is 9.35 Å². The topological polar surface area (TPSA) is 178 Å². The first-order valence-electron chi connectivity index (χ1n) is 21.9. The number of esters is 1. The first kappa shape index (κ1) is 56.3. The summed E-state index contributed by atoms with van der Waals surface area (Å²) in [5.41, 5.74) is 0. The number of ether oxygens (including phenoxy) is 4. The van der Waals surface area contributed by atoms with E-state index in [2.05, 4.69) is 127 Å². The zero-order chi connectivity index (χ0) is 45.4. The van der Waals surface area contributed by atoms with Crippen molar-refractivity contribution >= 4 is 16.4 Å². The molecular weight excluding hydrogens is 813 g/mol. The van der Waals surface area contributed by atoms with Crippen LogP contribution in [0.4, 0.5) is 0 Å². The fourth-order valence-electron chi connectivity index (χ4n) is 5.59. The van der Waals surface area contributed by atoms with Crippen LogP contribution in [0.25, 0.3) is 0 Å². The van der Waals surface area contributed by atoms with E-state index in [1.54, 1.807) is 6.08 Å². The molecule has 13 heteroatoms. The zero-order valence-corrected chi connectivity index (χ0v) is 37.7. The first-order chi connectivity index (χ1) is 30.1. The number of allylic oxidation sites excluding steroid dienone is 21. The van der Waals surface area contributed by atoms with Crippen molar-refractivity contribution in [3.63, 3.8) is 0 Å². The monoisotopic (exact) mass is 886 g/mol. The molecule has 1 aliphatic heterocycles. The Kier molecular flexibility index (Phi) is 35.3. The normalized spacial score (nSPS) is 21.3. The van der Waals surface area contributed by atoms with Crippen LogP contribution < -0.4 is 0 Å². The van der Waals surface area contributed by atoms with Crippen molar-refractivity contribution in [3.05, 3.63) is 134 Å².